The summed E-state index contributed by atoms with van der Waals surface area (Å²) in [6, 6.07) is 0. The van der Waals surface area contributed by atoms with Crippen LogP contribution in [0.25, 0.3) is 0 Å². The summed E-state index contributed by atoms with van der Waals surface area (Å²) in [5.41, 5.74) is 0. The topological polar surface area (TPSA) is 53.9 Å². The normalized spacial score (nSPS) is 20.9. The Morgan fingerprint density at radius 2 is 2.18 bits per heavy atom. The minimum absolute atomic E-state index is 0.220. The van der Waals surface area contributed by atoms with Crippen molar-refractivity contribution in [3.63, 3.8) is 0 Å². The molecule has 1 amide bonds. The number of hydrogen-bond donors (Lipinski definition) is 1. The molecule has 0 aromatic heterocycles. The lowest BCUT2D eigenvalue weighted by molar-refractivity contribution is -0.135. The molecule has 0 aromatic carbocycles. The van der Waals surface area contributed by atoms with Crippen molar-refractivity contribution in [3.8, 4) is 0 Å². The molecule has 1 N–H and O–H groups in total. The van der Waals surface area contributed by atoms with Crippen molar-refractivity contribution in [2.24, 2.45) is 4.99 Å². The molecule has 5 heteroatoms. The second kappa shape index (κ2) is 6.59. The van der Waals surface area contributed by atoms with E-state index >= 15 is 0 Å². The van der Waals surface area contributed by atoms with Crippen molar-refractivity contribution < 1.29 is 9.53 Å². The monoisotopic (exact) mass is 239 g/mol. The van der Waals surface area contributed by atoms with Gasteiger partial charge in [-0.25, -0.2) is 0 Å². The maximum absolute atomic E-state index is 11.8. The molecule has 1 fully saturated rings. The third kappa shape index (κ3) is 4.00. The fraction of sp³-hybridized carbons (Fsp3) is 0.833. The van der Waals surface area contributed by atoms with Gasteiger partial charge in [-0.1, -0.05) is 0 Å². The fourth-order valence-corrected chi connectivity index (χ4v) is 2.13. The number of amides is 1. The molecule has 0 saturated carbocycles. The van der Waals surface area contributed by atoms with Crippen LogP contribution in [0.3, 0.4) is 0 Å². The van der Waals surface area contributed by atoms with E-state index in [-0.39, 0.29) is 5.91 Å². The van der Waals surface area contributed by atoms with Crippen LogP contribution in [0.1, 0.15) is 25.7 Å². The predicted molar refractivity (Wildman–Crippen MR) is 66.2 cm³/mol. The number of amidine groups is 1. The van der Waals surface area contributed by atoms with Crippen LogP contribution in [0.2, 0.25) is 0 Å². The molecule has 2 heterocycles. The Morgan fingerprint density at radius 1 is 1.35 bits per heavy atom. The summed E-state index contributed by atoms with van der Waals surface area (Å²) in [5.74, 6) is 1.29. The summed E-state index contributed by atoms with van der Waals surface area (Å²) < 4.78 is 5.22. The molecule has 0 unspecified atom stereocenters. The van der Waals surface area contributed by atoms with Crippen LogP contribution in [0, 0.1) is 0 Å². The Balaban J connectivity index is 1.63. The molecule has 0 atom stereocenters. The number of nitrogens with one attached hydrogen (secondary N) is 1. The first-order chi connectivity index (χ1) is 8.36. The van der Waals surface area contributed by atoms with Gasteiger partial charge < -0.3 is 15.0 Å². The molecule has 0 aliphatic carbocycles. The quantitative estimate of drug-likeness (QED) is 0.776. The van der Waals surface area contributed by atoms with Crippen LogP contribution < -0.4 is 5.32 Å². The van der Waals surface area contributed by atoms with Gasteiger partial charge >= 0.3 is 0 Å². The molecule has 2 rings (SSSR count). The molecule has 0 radical (unpaired) electrons. The average Bonchev–Trinajstić information content (AvgIpc) is 2.41. The van der Waals surface area contributed by atoms with Crippen LogP contribution in [-0.4, -0.2) is 56.0 Å². The standard InChI is InChI=1S/C12H21N3O2/c16-12(15-7-9-17-10-8-15)4-6-14-11-3-1-2-5-13-11/h1-10H2,(H,13,14). The average molecular weight is 239 g/mol. The highest BCUT2D eigenvalue weighted by molar-refractivity contribution is 5.83. The van der Waals surface area contributed by atoms with Crippen molar-refractivity contribution in [1.29, 1.82) is 0 Å². The molecule has 2 aliphatic rings. The van der Waals surface area contributed by atoms with Gasteiger partial charge in [-0.15, -0.1) is 0 Å². The van der Waals surface area contributed by atoms with Crippen LogP contribution >= 0.6 is 0 Å². The highest BCUT2D eigenvalue weighted by atomic mass is 16.5. The molecule has 17 heavy (non-hydrogen) atoms. The molecule has 2 aliphatic heterocycles. The van der Waals surface area contributed by atoms with Crippen molar-refractivity contribution in [3.05, 3.63) is 0 Å². The lowest BCUT2D eigenvalue weighted by Gasteiger charge is -2.27. The van der Waals surface area contributed by atoms with E-state index in [1.54, 1.807) is 0 Å². The van der Waals surface area contributed by atoms with Crippen molar-refractivity contribution in [2.75, 3.05) is 39.4 Å². The van der Waals surface area contributed by atoms with E-state index in [0.717, 1.165) is 31.9 Å². The van der Waals surface area contributed by atoms with Gasteiger partial charge in [-0.05, 0) is 12.8 Å². The van der Waals surface area contributed by atoms with Gasteiger partial charge in [0.25, 0.3) is 0 Å². The summed E-state index contributed by atoms with van der Waals surface area (Å²) >= 11 is 0. The SMILES string of the molecule is O=C(CCNC1=NCCCC1)N1CCOCC1. The van der Waals surface area contributed by atoms with Crippen LogP contribution in [0.15, 0.2) is 4.99 Å². The molecule has 5 nitrogen and oxygen atoms in total. The number of nitrogens with zero attached hydrogens (tertiary/aromatic N) is 2. The Bertz CT molecular complexity index is 285. The maximum atomic E-state index is 11.8. The predicted octanol–water partition coefficient (Wildman–Crippen LogP) is 0.407. The van der Waals surface area contributed by atoms with E-state index < -0.39 is 0 Å². The Kier molecular flexibility index (Phi) is 4.79. The first kappa shape index (κ1) is 12.4. The molecular formula is C12H21N3O2. The number of aliphatic imine (C=N–C) groups is 1. The van der Waals surface area contributed by atoms with E-state index in [4.69, 9.17) is 4.74 Å². The Morgan fingerprint density at radius 3 is 2.88 bits per heavy atom. The van der Waals surface area contributed by atoms with E-state index in [0.29, 0.717) is 26.2 Å². The zero-order valence-corrected chi connectivity index (χ0v) is 10.3. The highest BCUT2D eigenvalue weighted by Gasteiger charge is 2.16. The van der Waals surface area contributed by atoms with Crippen molar-refractivity contribution in [2.45, 2.75) is 25.7 Å². The third-order valence-corrected chi connectivity index (χ3v) is 3.16. The summed E-state index contributed by atoms with van der Waals surface area (Å²) in [5, 5.41) is 3.26. The van der Waals surface area contributed by atoms with Crippen molar-refractivity contribution in [1.82, 2.24) is 10.2 Å². The van der Waals surface area contributed by atoms with Crippen LogP contribution in [-0.2, 0) is 9.53 Å². The molecule has 96 valence electrons. The number of carbonyl (C=O) groups is 1. The maximum Gasteiger partial charge on any atom is 0.224 e. The molecule has 0 aromatic rings. The summed E-state index contributed by atoms with van der Waals surface area (Å²) in [4.78, 5) is 18.1. The van der Waals surface area contributed by atoms with Gasteiger partial charge in [0.1, 0.15) is 0 Å². The smallest absolute Gasteiger partial charge is 0.224 e. The Labute approximate surface area is 102 Å². The van der Waals surface area contributed by atoms with Gasteiger partial charge in [0.05, 0.1) is 19.0 Å². The fourth-order valence-electron chi connectivity index (χ4n) is 2.13. The van der Waals surface area contributed by atoms with E-state index in [2.05, 4.69) is 10.3 Å². The number of carbonyl (C=O) groups excluding carboxylic acids is 1. The minimum Gasteiger partial charge on any atom is -0.378 e. The molecular weight excluding hydrogens is 218 g/mol. The minimum atomic E-state index is 0.220. The second-order valence-electron chi connectivity index (χ2n) is 4.46. The summed E-state index contributed by atoms with van der Waals surface area (Å²) in [6.07, 6.45) is 3.99. The molecule has 1 saturated heterocycles. The number of morpholine rings is 1. The van der Waals surface area contributed by atoms with E-state index in [1.165, 1.54) is 12.8 Å². The zero-order valence-electron chi connectivity index (χ0n) is 10.3. The number of hydrogen-bond acceptors (Lipinski definition) is 4. The zero-order chi connectivity index (χ0) is 11.9. The second-order valence-corrected chi connectivity index (χ2v) is 4.46. The van der Waals surface area contributed by atoms with Gasteiger partial charge in [0.15, 0.2) is 0 Å². The summed E-state index contributed by atoms with van der Waals surface area (Å²) in [7, 11) is 0. The van der Waals surface area contributed by atoms with Gasteiger partial charge in [0.2, 0.25) is 5.91 Å². The first-order valence-electron chi connectivity index (χ1n) is 6.49. The summed E-state index contributed by atoms with van der Waals surface area (Å²) in [6.45, 7) is 4.45. The van der Waals surface area contributed by atoms with Crippen molar-refractivity contribution >= 4 is 11.7 Å². The first-order valence-corrected chi connectivity index (χ1v) is 6.49. The molecule has 0 spiro atoms. The van der Waals surface area contributed by atoms with E-state index in [1.807, 2.05) is 4.90 Å². The lowest BCUT2D eigenvalue weighted by Crippen LogP contribution is -2.42. The van der Waals surface area contributed by atoms with Crippen LogP contribution in [0.4, 0.5) is 0 Å². The molecule has 0 bridgehead atoms. The van der Waals surface area contributed by atoms with Gasteiger partial charge in [-0.3, -0.25) is 9.79 Å². The third-order valence-electron chi connectivity index (χ3n) is 3.16. The number of rotatable bonds is 3. The largest absolute Gasteiger partial charge is 0.378 e. The number of ether oxygens (including phenoxy) is 1. The lowest BCUT2D eigenvalue weighted by atomic mass is 10.2. The van der Waals surface area contributed by atoms with Gasteiger partial charge in [-0.2, -0.15) is 0 Å². The Hall–Kier alpha value is -1.10. The highest BCUT2D eigenvalue weighted by Crippen LogP contribution is 2.04. The van der Waals surface area contributed by atoms with E-state index in [9.17, 15) is 4.79 Å². The van der Waals surface area contributed by atoms with Gasteiger partial charge in [0, 0.05) is 39.0 Å². The van der Waals surface area contributed by atoms with Crippen LogP contribution in [0.5, 0.6) is 0 Å².